The summed E-state index contributed by atoms with van der Waals surface area (Å²) in [4.78, 5) is 0. The van der Waals surface area contributed by atoms with Gasteiger partial charge in [0.05, 0.1) is 15.8 Å². The summed E-state index contributed by atoms with van der Waals surface area (Å²) < 4.78 is 26.2. The van der Waals surface area contributed by atoms with Gasteiger partial charge in [-0.25, -0.2) is 13.1 Å². The third-order valence-corrected chi connectivity index (χ3v) is 6.21. The van der Waals surface area contributed by atoms with Gasteiger partial charge in [0, 0.05) is 12.5 Å². The minimum absolute atomic E-state index is 0. The number of hydrogen-bond acceptors (Lipinski definition) is 3. The highest BCUT2D eigenvalue weighted by Gasteiger charge is 2.29. The van der Waals surface area contributed by atoms with Crippen LogP contribution in [0, 0.1) is 5.92 Å². The van der Waals surface area contributed by atoms with E-state index >= 15 is 0 Å². The van der Waals surface area contributed by atoms with Gasteiger partial charge in [-0.3, -0.25) is 0 Å². The molecule has 22 heavy (non-hydrogen) atoms. The Kier molecular flexibility index (Phi) is 7.92. The van der Waals surface area contributed by atoms with E-state index in [0.29, 0.717) is 10.0 Å². The molecule has 0 bridgehead atoms. The van der Waals surface area contributed by atoms with E-state index in [-0.39, 0.29) is 30.0 Å². The fourth-order valence-electron chi connectivity index (χ4n) is 2.81. The van der Waals surface area contributed by atoms with Crippen molar-refractivity contribution in [2.24, 2.45) is 5.92 Å². The predicted octanol–water partition coefficient (Wildman–Crippen LogP) is 3.05. The molecule has 8 heteroatoms. The van der Waals surface area contributed by atoms with Gasteiger partial charge in [0.1, 0.15) is 0 Å². The summed E-state index contributed by atoms with van der Waals surface area (Å²) >= 11 is 12.1. The van der Waals surface area contributed by atoms with Crippen LogP contribution < -0.4 is 10.0 Å². The van der Waals surface area contributed by atoms with Gasteiger partial charge in [-0.2, -0.15) is 0 Å². The van der Waals surface area contributed by atoms with Gasteiger partial charge in [0.15, 0.2) is 0 Å². The standard InChI is InChI=1S/C14H20Cl2N2O2S.ClH/c1-17-21(19,20)9-11-3-2-6-18-8-12(11)10-4-5-13(15)14(16)7-10;/h4-5,7,11-12,17-18H,2-3,6,8-9H2,1H3;1H. The maximum absolute atomic E-state index is 11.9. The van der Waals surface area contributed by atoms with Crippen LogP contribution in [0.4, 0.5) is 0 Å². The van der Waals surface area contributed by atoms with Crippen LogP contribution in [0.25, 0.3) is 0 Å². The molecule has 0 aromatic heterocycles. The van der Waals surface area contributed by atoms with Gasteiger partial charge in [0.25, 0.3) is 0 Å². The zero-order valence-corrected chi connectivity index (χ0v) is 15.5. The van der Waals surface area contributed by atoms with Crippen molar-refractivity contribution in [1.29, 1.82) is 0 Å². The molecule has 0 aliphatic carbocycles. The Morgan fingerprint density at radius 2 is 2.05 bits per heavy atom. The maximum Gasteiger partial charge on any atom is 0.211 e. The second kappa shape index (κ2) is 8.71. The lowest BCUT2D eigenvalue weighted by atomic mass is 9.85. The summed E-state index contributed by atoms with van der Waals surface area (Å²) in [7, 11) is -1.77. The molecule has 1 aliphatic rings. The van der Waals surface area contributed by atoms with Crippen molar-refractivity contribution in [3.63, 3.8) is 0 Å². The minimum Gasteiger partial charge on any atom is -0.316 e. The van der Waals surface area contributed by atoms with Crippen molar-refractivity contribution >= 4 is 45.6 Å². The molecule has 4 nitrogen and oxygen atoms in total. The molecule has 1 aliphatic heterocycles. The Hall–Kier alpha value is -0.0400. The normalized spacial score (nSPS) is 22.7. The lowest BCUT2D eigenvalue weighted by Gasteiger charge is -2.25. The van der Waals surface area contributed by atoms with E-state index in [9.17, 15) is 8.42 Å². The van der Waals surface area contributed by atoms with Gasteiger partial charge in [-0.05, 0) is 50.0 Å². The molecule has 2 unspecified atom stereocenters. The molecule has 2 atom stereocenters. The summed E-state index contributed by atoms with van der Waals surface area (Å²) in [6, 6.07) is 5.55. The molecule has 2 rings (SSSR count). The molecule has 0 radical (unpaired) electrons. The average molecular weight is 388 g/mol. The molecule has 1 heterocycles. The van der Waals surface area contributed by atoms with Crippen molar-refractivity contribution in [2.45, 2.75) is 18.8 Å². The number of nitrogens with one attached hydrogen (secondary N) is 2. The van der Waals surface area contributed by atoms with E-state index in [2.05, 4.69) is 10.0 Å². The largest absolute Gasteiger partial charge is 0.316 e. The number of halogens is 3. The van der Waals surface area contributed by atoms with Gasteiger partial charge < -0.3 is 5.32 Å². The molecule has 1 aromatic rings. The van der Waals surface area contributed by atoms with Crippen molar-refractivity contribution in [1.82, 2.24) is 10.0 Å². The highest BCUT2D eigenvalue weighted by Crippen LogP contribution is 2.33. The lowest BCUT2D eigenvalue weighted by Crippen LogP contribution is -2.31. The number of hydrogen-bond donors (Lipinski definition) is 2. The Bertz CT molecular complexity index is 596. The zero-order valence-electron chi connectivity index (χ0n) is 12.3. The van der Waals surface area contributed by atoms with Crippen LogP contribution in [0.5, 0.6) is 0 Å². The summed E-state index contributed by atoms with van der Waals surface area (Å²) in [5.41, 5.74) is 1.04. The summed E-state index contributed by atoms with van der Waals surface area (Å²) in [5, 5.41) is 4.40. The van der Waals surface area contributed by atoms with E-state index in [1.807, 2.05) is 12.1 Å². The second-order valence-corrected chi connectivity index (χ2v) is 8.16. The Morgan fingerprint density at radius 3 is 2.68 bits per heavy atom. The Balaban J connectivity index is 0.00000242. The number of benzene rings is 1. The number of sulfonamides is 1. The lowest BCUT2D eigenvalue weighted by molar-refractivity contribution is 0.444. The minimum atomic E-state index is -3.23. The van der Waals surface area contributed by atoms with Crippen LogP contribution in [0.3, 0.4) is 0 Å². The van der Waals surface area contributed by atoms with Crippen LogP contribution in [-0.2, 0) is 10.0 Å². The first-order chi connectivity index (χ1) is 9.93. The van der Waals surface area contributed by atoms with Gasteiger partial charge in [-0.15, -0.1) is 12.4 Å². The predicted molar refractivity (Wildman–Crippen MR) is 94.9 cm³/mol. The monoisotopic (exact) mass is 386 g/mol. The maximum atomic E-state index is 11.9. The average Bonchev–Trinajstić information content (AvgIpc) is 2.67. The van der Waals surface area contributed by atoms with Crippen molar-refractivity contribution in [3.05, 3.63) is 33.8 Å². The Labute approximate surface area is 148 Å². The molecule has 126 valence electrons. The van der Waals surface area contributed by atoms with Gasteiger partial charge in [-0.1, -0.05) is 29.3 Å². The SMILES string of the molecule is CNS(=O)(=O)CC1CCCNCC1c1ccc(Cl)c(Cl)c1.Cl. The quantitative estimate of drug-likeness (QED) is 0.835. The first-order valence-corrected chi connectivity index (χ1v) is 9.40. The highest BCUT2D eigenvalue weighted by atomic mass is 35.5. The molecule has 0 spiro atoms. The summed E-state index contributed by atoms with van der Waals surface area (Å²) in [6.07, 6.45) is 1.85. The summed E-state index contributed by atoms with van der Waals surface area (Å²) in [5.74, 6) is 0.316. The van der Waals surface area contributed by atoms with E-state index in [1.165, 1.54) is 7.05 Å². The first-order valence-electron chi connectivity index (χ1n) is 7.00. The number of rotatable bonds is 4. The molecule has 1 fully saturated rings. The molecule has 2 N–H and O–H groups in total. The van der Waals surface area contributed by atoms with E-state index in [4.69, 9.17) is 23.2 Å². The molecule has 1 aromatic carbocycles. The highest BCUT2D eigenvalue weighted by molar-refractivity contribution is 7.89. The molecular formula is C14H21Cl3N2O2S. The molecule has 1 saturated heterocycles. The zero-order chi connectivity index (χ0) is 15.5. The summed E-state index contributed by atoms with van der Waals surface area (Å²) in [6.45, 7) is 1.66. The van der Waals surface area contributed by atoms with Crippen LogP contribution in [-0.4, -0.2) is 34.3 Å². The van der Waals surface area contributed by atoms with E-state index in [1.54, 1.807) is 6.07 Å². The molecule has 0 saturated carbocycles. The fraction of sp³-hybridized carbons (Fsp3) is 0.571. The Morgan fingerprint density at radius 1 is 1.32 bits per heavy atom. The van der Waals surface area contributed by atoms with Crippen molar-refractivity contribution < 1.29 is 8.42 Å². The van der Waals surface area contributed by atoms with Crippen LogP contribution in [0.15, 0.2) is 18.2 Å². The van der Waals surface area contributed by atoms with Crippen molar-refractivity contribution in [3.8, 4) is 0 Å². The van der Waals surface area contributed by atoms with Crippen LogP contribution >= 0.6 is 35.6 Å². The van der Waals surface area contributed by atoms with E-state index < -0.39 is 10.0 Å². The van der Waals surface area contributed by atoms with Gasteiger partial charge in [0.2, 0.25) is 10.0 Å². The van der Waals surface area contributed by atoms with Crippen molar-refractivity contribution in [2.75, 3.05) is 25.9 Å². The van der Waals surface area contributed by atoms with E-state index in [0.717, 1.165) is 31.5 Å². The van der Waals surface area contributed by atoms with Gasteiger partial charge >= 0.3 is 0 Å². The second-order valence-electron chi connectivity index (χ2n) is 5.37. The first kappa shape index (κ1) is 20.0. The topological polar surface area (TPSA) is 58.2 Å². The smallest absolute Gasteiger partial charge is 0.211 e. The molecule has 0 amide bonds. The molecular weight excluding hydrogens is 367 g/mol. The van der Waals surface area contributed by atoms with Crippen LogP contribution in [0.2, 0.25) is 10.0 Å². The third kappa shape index (κ3) is 5.25. The third-order valence-electron chi connectivity index (χ3n) is 3.98. The van der Waals surface area contributed by atoms with Crippen LogP contribution in [0.1, 0.15) is 24.3 Å². The fourth-order valence-corrected chi connectivity index (χ4v) is 4.25.